The predicted molar refractivity (Wildman–Crippen MR) is 179 cm³/mol. The third-order valence-corrected chi connectivity index (χ3v) is 9.75. The Bertz CT molecular complexity index is 2730. The summed E-state index contributed by atoms with van der Waals surface area (Å²) in [6.07, 6.45) is 0. The molecular formula is C38H21N3OS. The molecule has 10 rings (SSSR count). The molecule has 4 heterocycles. The van der Waals surface area contributed by atoms with E-state index in [1.807, 2.05) is 35.6 Å². The highest BCUT2D eigenvalue weighted by atomic mass is 32.1. The van der Waals surface area contributed by atoms with Crippen molar-refractivity contribution in [2.45, 2.75) is 0 Å². The zero-order chi connectivity index (χ0) is 28.1. The summed E-state index contributed by atoms with van der Waals surface area (Å²) in [6.45, 7) is 0. The van der Waals surface area contributed by atoms with Crippen LogP contribution in [0.4, 0.5) is 0 Å². The summed E-state index contributed by atoms with van der Waals surface area (Å²) in [7, 11) is 0. The highest BCUT2D eigenvalue weighted by molar-refractivity contribution is 7.25. The Morgan fingerprint density at radius 3 is 2.23 bits per heavy atom. The molecule has 0 saturated carbocycles. The summed E-state index contributed by atoms with van der Waals surface area (Å²) in [5.41, 5.74) is 6.28. The summed E-state index contributed by atoms with van der Waals surface area (Å²) in [5.74, 6) is 0.632. The van der Waals surface area contributed by atoms with Crippen LogP contribution in [-0.2, 0) is 0 Å². The number of fused-ring (bicyclic) bond motifs is 11. The maximum absolute atomic E-state index is 6.56. The van der Waals surface area contributed by atoms with E-state index >= 15 is 0 Å². The van der Waals surface area contributed by atoms with Gasteiger partial charge in [-0.25, -0.2) is 9.97 Å². The molecule has 10 aromatic rings. The second-order valence-electron chi connectivity index (χ2n) is 11.0. The van der Waals surface area contributed by atoms with Crippen molar-refractivity contribution in [3.63, 3.8) is 0 Å². The topological polar surface area (TPSA) is 43.9 Å². The van der Waals surface area contributed by atoms with Crippen LogP contribution in [0.2, 0.25) is 0 Å². The van der Waals surface area contributed by atoms with Gasteiger partial charge in [-0.15, -0.1) is 11.3 Å². The summed E-state index contributed by atoms with van der Waals surface area (Å²) in [4.78, 5) is 10.6. The van der Waals surface area contributed by atoms with E-state index in [0.717, 1.165) is 49.5 Å². The molecule has 0 radical (unpaired) electrons. The lowest BCUT2D eigenvalue weighted by Crippen LogP contribution is -2.02. The van der Waals surface area contributed by atoms with Gasteiger partial charge in [0.2, 0.25) is 5.95 Å². The third-order valence-electron chi connectivity index (χ3n) is 8.61. The largest absolute Gasteiger partial charge is 0.452 e. The molecule has 43 heavy (non-hydrogen) atoms. The minimum absolute atomic E-state index is 0.632. The number of hydrogen-bond donors (Lipinski definition) is 0. The van der Waals surface area contributed by atoms with Crippen LogP contribution in [0.5, 0.6) is 0 Å². The maximum Gasteiger partial charge on any atom is 0.236 e. The molecule has 0 spiro atoms. The SMILES string of the molecule is c1ccc(-c2nc(-n3c4ccccc4c4cc5sc6ccccc6c5cc43)nc3c2oc2ccc4ccccc4c23)cc1. The maximum atomic E-state index is 6.56. The van der Waals surface area contributed by atoms with Crippen LogP contribution in [0.1, 0.15) is 0 Å². The lowest BCUT2D eigenvalue weighted by Gasteiger charge is -2.09. The van der Waals surface area contributed by atoms with Crippen LogP contribution in [-0.4, -0.2) is 14.5 Å². The van der Waals surface area contributed by atoms with Crippen molar-refractivity contribution in [1.82, 2.24) is 14.5 Å². The zero-order valence-electron chi connectivity index (χ0n) is 22.8. The molecule has 0 unspecified atom stereocenters. The molecule has 0 amide bonds. The first-order chi connectivity index (χ1) is 21.3. The summed E-state index contributed by atoms with van der Waals surface area (Å²) >= 11 is 1.84. The molecule has 0 aliphatic rings. The second kappa shape index (κ2) is 8.51. The fourth-order valence-corrected chi connectivity index (χ4v) is 7.82. The first-order valence-electron chi connectivity index (χ1n) is 14.3. The predicted octanol–water partition coefficient (Wildman–Crippen LogP) is 10.7. The van der Waals surface area contributed by atoms with Crippen LogP contribution < -0.4 is 0 Å². The summed E-state index contributed by atoms with van der Waals surface area (Å²) in [6, 6.07) is 44.7. The van der Waals surface area contributed by atoms with Gasteiger partial charge in [0.25, 0.3) is 0 Å². The van der Waals surface area contributed by atoms with E-state index in [9.17, 15) is 0 Å². The molecule has 5 heteroatoms. The molecule has 0 bridgehead atoms. The van der Waals surface area contributed by atoms with Gasteiger partial charge >= 0.3 is 0 Å². The lowest BCUT2D eigenvalue weighted by atomic mass is 10.1. The molecule has 4 aromatic heterocycles. The van der Waals surface area contributed by atoms with E-state index in [-0.39, 0.29) is 0 Å². The number of thiophene rings is 1. The van der Waals surface area contributed by atoms with Crippen molar-refractivity contribution < 1.29 is 4.42 Å². The first kappa shape index (κ1) is 23.1. The zero-order valence-corrected chi connectivity index (χ0v) is 23.6. The van der Waals surface area contributed by atoms with Crippen molar-refractivity contribution in [2.75, 3.05) is 0 Å². The highest BCUT2D eigenvalue weighted by Gasteiger charge is 2.22. The van der Waals surface area contributed by atoms with Gasteiger partial charge in [-0.05, 0) is 41.1 Å². The molecule has 4 nitrogen and oxygen atoms in total. The van der Waals surface area contributed by atoms with Gasteiger partial charge in [0.1, 0.15) is 16.8 Å². The van der Waals surface area contributed by atoms with Crippen LogP contribution in [0, 0.1) is 0 Å². The average molecular weight is 568 g/mol. The molecule has 200 valence electrons. The van der Waals surface area contributed by atoms with Gasteiger partial charge in [0, 0.05) is 36.5 Å². The van der Waals surface area contributed by atoms with E-state index in [1.165, 1.54) is 30.9 Å². The van der Waals surface area contributed by atoms with Gasteiger partial charge < -0.3 is 4.42 Å². The Balaban J connectivity index is 1.39. The van der Waals surface area contributed by atoms with Crippen LogP contribution in [0.25, 0.3) is 92.0 Å². The average Bonchev–Trinajstić information content (AvgIpc) is 3.73. The Morgan fingerprint density at radius 2 is 1.33 bits per heavy atom. The van der Waals surface area contributed by atoms with E-state index in [4.69, 9.17) is 14.4 Å². The normalized spacial score (nSPS) is 12.2. The number of hydrogen-bond acceptors (Lipinski definition) is 4. The monoisotopic (exact) mass is 567 g/mol. The lowest BCUT2D eigenvalue weighted by molar-refractivity contribution is 0.667. The fraction of sp³-hybridized carbons (Fsp3) is 0. The van der Waals surface area contributed by atoms with Crippen LogP contribution in [0.3, 0.4) is 0 Å². The van der Waals surface area contributed by atoms with Gasteiger partial charge in [0.15, 0.2) is 5.58 Å². The Labute approximate surface area is 249 Å². The van der Waals surface area contributed by atoms with Crippen molar-refractivity contribution in [1.29, 1.82) is 0 Å². The number of para-hydroxylation sites is 1. The Morgan fingerprint density at radius 1 is 0.558 bits per heavy atom. The Kier molecular flexibility index (Phi) is 4.57. The van der Waals surface area contributed by atoms with Crippen molar-refractivity contribution in [2.24, 2.45) is 0 Å². The number of furan rings is 1. The van der Waals surface area contributed by atoms with Gasteiger partial charge in [-0.1, -0.05) is 97.1 Å². The second-order valence-corrected chi connectivity index (χ2v) is 12.1. The van der Waals surface area contributed by atoms with Crippen molar-refractivity contribution in [3.8, 4) is 17.2 Å². The first-order valence-corrected chi connectivity index (χ1v) is 15.2. The molecule has 0 saturated heterocycles. The standard InChI is InChI=1S/C38H21N3OS/c1-2-11-23(12-3-1)35-37-36(34-24-13-5-4-10-22(24)18-19-31(34)42-37)40-38(39-35)41-29-16-8-6-14-25(29)27-21-33-28(20-30(27)41)26-15-7-9-17-32(26)43-33/h1-21H. The quantitative estimate of drug-likeness (QED) is 0.209. The third kappa shape index (κ3) is 3.20. The Hall–Kier alpha value is -5.52. The molecule has 6 aromatic carbocycles. The molecule has 0 atom stereocenters. The van der Waals surface area contributed by atoms with Crippen molar-refractivity contribution >= 4 is 86.2 Å². The van der Waals surface area contributed by atoms with Gasteiger partial charge in [-0.3, -0.25) is 4.57 Å². The summed E-state index contributed by atoms with van der Waals surface area (Å²) in [5, 5.41) is 8.20. The number of aromatic nitrogens is 3. The van der Waals surface area contributed by atoms with E-state index in [2.05, 4.69) is 108 Å². The van der Waals surface area contributed by atoms with Crippen LogP contribution in [0.15, 0.2) is 132 Å². The molecule has 0 aliphatic carbocycles. The van der Waals surface area contributed by atoms with E-state index in [0.29, 0.717) is 11.5 Å². The highest BCUT2D eigenvalue weighted by Crippen LogP contribution is 2.42. The van der Waals surface area contributed by atoms with Crippen LogP contribution >= 0.6 is 11.3 Å². The molecule has 0 aliphatic heterocycles. The van der Waals surface area contributed by atoms with E-state index < -0.39 is 0 Å². The number of nitrogens with zero attached hydrogens (tertiary/aromatic N) is 3. The van der Waals surface area contributed by atoms with E-state index in [1.54, 1.807) is 0 Å². The molecular weight excluding hydrogens is 547 g/mol. The van der Waals surface area contributed by atoms with Crippen molar-refractivity contribution in [3.05, 3.63) is 127 Å². The smallest absolute Gasteiger partial charge is 0.236 e. The number of rotatable bonds is 2. The molecule has 0 N–H and O–H groups in total. The minimum atomic E-state index is 0.632. The summed E-state index contributed by atoms with van der Waals surface area (Å²) < 4.78 is 11.4. The van der Waals surface area contributed by atoms with Gasteiger partial charge in [0.05, 0.1) is 16.4 Å². The number of benzene rings is 6. The minimum Gasteiger partial charge on any atom is -0.452 e. The van der Waals surface area contributed by atoms with Gasteiger partial charge in [-0.2, -0.15) is 0 Å². The fourth-order valence-electron chi connectivity index (χ4n) is 6.69. The molecule has 0 fully saturated rings.